The van der Waals surface area contributed by atoms with Gasteiger partial charge in [0.2, 0.25) is 0 Å². The Morgan fingerprint density at radius 2 is 2.41 bits per heavy atom. The summed E-state index contributed by atoms with van der Waals surface area (Å²) in [7, 11) is 1.95. The average Bonchev–Trinajstić information content (AvgIpc) is 2.73. The van der Waals surface area contributed by atoms with Gasteiger partial charge < -0.3 is 9.30 Å². The lowest BCUT2D eigenvalue weighted by molar-refractivity contribution is -0.0319. The maximum Gasteiger partial charge on any atom is 0.163 e. The minimum Gasteiger partial charge on any atom is -0.368 e. The van der Waals surface area contributed by atoms with Crippen molar-refractivity contribution in [3.8, 4) is 0 Å². The molecule has 2 heterocycles. The van der Waals surface area contributed by atoms with E-state index in [4.69, 9.17) is 4.74 Å². The number of ether oxygens (including phenoxy) is 1. The number of aryl methyl sites for hydroxylation is 1. The summed E-state index contributed by atoms with van der Waals surface area (Å²) in [6, 6.07) is 0. The Labute approximate surface area is 102 Å². The van der Waals surface area contributed by atoms with E-state index < -0.39 is 0 Å². The smallest absolute Gasteiger partial charge is 0.163 e. The fraction of sp³-hybridized carbons (Fsp3) is 0.667. The topological polar surface area (TPSA) is 43.2 Å². The van der Waals surface area contributed by atoms with E-state index in [9.17, 15) is 0 Å². The van der Waals surface area contributed by atoms with Crippen LogP contribution in [0.25, 0.3) is 0 Å². The van der Waals surface area contributed by atoms with Gasteiger partial charge in [0, 0.05) is 26.7 Å². The van der Waals surface area contributed by atoms with Crippen LogP contribution in [0, 0.1) is 0 Å². The van der Waals surface area contributed by atoms with Crippen molar-refractivity contribution in [2.24, 2.45) is 7.05 Å². The van der Waals surface area contributed by atoms with Gasteiger partial charge in [0.1, 0.15) is 12.4 Å². The highest BCUT2D eigenvalue weighted by molar-refractivity contribution is 4.98. The SMILES string of the molecule is CC(C)=CCN1CCO[C@H](c2nncn2C)C1. The molecule has 0 aliphatic carbocycles. The fourth-order valence-corrected chi connectivity index (χ4v) is 1.92. The second kappa shape index (κ2) is 5.42. The molecule has 1 aliphatic rings. The lowest BCUT2D eigenvalue weighted by Gasteiger charge is -2.31. The van der Waals surface area contributed by atoms with Gasteiger partial charge in [-0.25, -0.2) is 0 Å². The van der Waals surface area contributed by atoms with E-state index in [0.29, 0.717) is 0 Å². The molecule has 17 heavy (non-hydrogen) atoms. The van der Waals surface area contributed by atoms with E-state index in [2.05, 4.69) is 35.0 Å². The molecule has 0 amide bonds. The molecule has 1 saturated heterocycles. The number of allylic oxidation sites excluding steroid dienone is 1. The minimum atomic E-state index is 0.0433. The van der Waals surface area contributed by atoms with Crippen LogP contribution in [0.5, 0.6) is 0 Å². The van der Waals surface area contributed by atoms with Crippen LogP contribution < -0.4 is 0 Å². The molecular formula is C12H20N4O. The van der Waals surface area contributed by atoms with Crippen molar-refractivity contribution in [2.75, 3.05) is 26.2 Å². The predicted octanol–water partition coefficient (Wildman–Crippen LogP) is 1.15. The molecule has 1 aromatic heterocycles. The van der Waals surface area contributed by atoms with Crippen LogP contribution in [0.2, 0.25) is 0 Å². The average molecular weight is 236 g/mol. The van der Waals surface area contributed by atoms with Gasteiger partial charge in [-0.15, -0.1) is 10.2 Å². The van der Waals surface area contributed by atoms with Gasteiger partial charge in [0.25, 0.3) is 0 Å². The summed E-state index contributed by atoms with van der Waals surface area (Å²) in [4.78, 5) is 2.38. The van der Waals surface area contributed by atoms with Gasteiger partial charge in [-0.1, -0.05) is 11.6 Å². The molecule has 5 nitrogen and oxygen atoms in total. The molecule has 0 saturated carbocycles. The number of rotatable bonds is 3. The van der Waals surface area contributed by atoms with E-state index in [1.807, 2.05) is 11.6 Å². The third-order valence-corrected chi connectivity index (χ3v) is 2.94. The molecule has 0 bridgehead atoms. The number of aromatic nitrogens is 3. The third-order valence-electron chi connectivity index (χ3n) is 2.94. The lowest BCUT2D eigenvalue weighted by atomic mass is 10.2. The van der Waals surface area contributed by atoms with Crippen molar-refractivity contribution in [1.29, 1.82) is 0 Å². The lowest BCUT2D eigenvalue weighted by Crippen LogP contribution is -2.39. The highest BCUT2D eigenvalue weighted by atomic mass is 16.5. The summed E-state index contributed by atoms with van der Waals surface area (Å²) in [6.07, 6.45) is 4.01. The molecule has 0 aromatic carbocycles. The van der Waals surface area contributed by atoms with Crippen molar-refractivity contribution < 1.29 is 4.74 Å². The van der Waals surface area contributed by atoms with Crippen LogP contribution in [0.4, 0.5) is 0 Å². The van der Waals surface area contributed by atoms with Crippen LogP contribution >= 0.6 is 0 Å². The van der Waals surface area contributed by atoms with Crippen LogP contribution in [-0.4, -0.2) is 45.9 Å². The largest absolute Gasteiger partial charge is 0.368 e. The Morgan fingerprint density at radius 1 is 1.59 bits per heavy atom. The molecule has 1 fully saturated rings. The van der Waals surface area contributed by atoms with Crippen LogP contribution in [0.3, 0.4) is 0 Å². The van der Waals surface area contributed by atoms with Crippen molar-refractivity contribution in [3.05, 3.63) is 23.8 Å². The highest BCUT2D eigenvalue weighted by Crippen LogP contribution is 2.19. The van der Waals surface area contributed by atoms with Crippen molar-refractivity contribution in [1.82, 2.24) is 19.7 Å². The fourth-order valence-electron chi connectivity index (χ4n) is 1.92. The maximum absolute atomic E-state index is 5.75. The van der Waals surface area contributed by atoms with E-state index in [1.54, 1.807) is 6.33 Å². The quantitative estimate of drug-likeness (QED) is 0.739. The van der Waals surface area contributed by atoms with Crippen LogP contribution in [-0.2, 0) is 11.8 Å². The Morgan fingerprint density at radius 3 is 3.06 bits per heavy atom. The maximum atomic E-state index is 5.75. The van der Waals surface area contributed by atoms with Gasteiger partial charge >= 0.3 is 0 Å². The van der Waals surface area contributed by atoms with Crippen molar-refractivity contribution in [3.63, 3.8) is 0 Å². The molecular weight excluding hydrogens is 216 g/mol. The Hall–Kier alpha value is -1.20. The second-order valence-corrected chi connectivity index (χ2v) is 4.70. The standard InChI is InChI=1S/C12H20N4O/c1-10(2)4-5-16-6-7-17-11(8-16)12-14-13-9-15(12)3/h4,9,11H,5-8H2,1-3H3/t11-/m0/s1. The normalized spacial score (nSPS) is 21.5. The molecule has 1 atom stereocenters. The summed E-state index contributed by atoms with van der Waals surface area (Å²) in [5.74, 6) is 0.909. The first-order valence-corrected chi connectivity index (χ1v) is 5.98. The summed E-state index contributed by atoms with van der Waals surface area (Å²) >= 11 is 0. The molecule has 0 spiro atoms. The minimum absolute atomic E-state index is 0.0433. The third kappa shape index (κ3) is 3.14. The second-order valence-electron chi connectivity index (χ2n) is 4.70. The summed E-state index contributed by atoms with van der Waals surface area (Å²) in [5, 5.41) is 8.01. The zero-order valence-electron chi connectivity index (χ0n) is 10.8. The molecule has 0 unspecified atom stereocenters. The Bertz CT molecular complexity index is 395. The van der Waals surface area contributed by atoms with E-state index >= 15 is 0 Å². The van der Waals surface area contributed by atoms with Gasteiger partial charge in [-0.05, 0) is 13.8 Å². The molecule has 1 aliphatic heterocycles. The zero-order valence-corrected chi connectivity index (χ0v) is 10.8. The van der Waals surface area contributed by atoms with Gasteiger partial charge in [0.15, 0.2) is 5.82 Å². The van der Waals surface area contributed by atoms with Crippen molar-refractivity contribution in [2.45, 2.75) is 20.0 Å². The molecule has 0 radical (unpaired) electrons. The zero-order chi connectivity index (χ0) is 12.3. The number of hydrogen-bond donors (Lipinski definition) is 0. The molecule has 94 valence electrons. The Kier molecular flexibility index (Phi) is 3.91. The summed E-state index contributed by atoms with van der Waals surface area (Å²) in [5.41, 5.74) is 1.35. The number of nitrogens with zero attached hydrogens (tertiary/aromatic N) is 4. The van der Waals surface area contributed by atoms with Gasteiger partial charge in [0.05, 0.1) is 6.61 Å². The summed E-state index contributed by atoms with van der Waals surface area (Å²) < 4.78 is 7.68. The summed E-state index contributed by atoms with van der Waals surface area (Å²) in [6.45, 7) is 7.86. The highest BCUT2D eigenvalue weighted by Gasteiger charge is 2.24. The number of morpholine rings is 1. The van der Waals surface area contributed by atoms with Crippen molar-refractivity contribution >= 4 is 0 Å². The first-order chi connectivity index (χ1) is 8.16. The van der Waals surface area contributed by atoms with Crippen LogP contribution in [0.15, 0.2) is 18.0 Å². The van der Waals surface area contributed by atoms with Crippen LogP contribution in [0.1, 0.15) is 25.8 Å². The first-order valence-electron chi connectivity index (χ1n) is 5.98. The van der Waals surface area contributed by atoms with Gasteiger partial charge in [-0.2, -0.15) is 0 Å². The molecule has 0 N–H and O–H groups in total. The van der Waals surface area contributed by atoms with E-state index in [-0.39, 0.29) is 6.10 Å². The molecule has 2 rings (SSSR count). The number of hydrogen-bond acceptors (Lipinski definition) is 4. The van der Waals surface area contributed by atoms with Gasteiger partial charge in [-0.3, -0.25) is 4.90 Å². The first kappa shape index (κ1) is 12.3. The monoisotopic (exact) mass is 236 g/mol. The van der Waals surface area contributed by atoms with E-state index in [1.165, 1.54) is 5.57 Å². The Balaban J connectivity index is 1.98. The molecule has 5 heteroatoms. The molecule has 1 aromatic rings. The predicted molar refractivity (Wildman–Crippen MR) is 65.6 cm³/mol. The van der Waals surface area contributed by atoms with E-state index in [0.717, 1.165) is 32.1 Å².